The molecule has 2 rings (SSSR count). The van der Waals surface area contributed by atoms with Crippen LogP contribution in [0.4, 0.5) is 0 Å². The van der Waals surface area contributed by atoms with E-state index in [1.54, 1.807) is 24.3 Å². The molecule has 0 bridgehead atoms. The molecule has 1 saturated heterocycles. The molecule has 1 amide bonds. The summed E-state index contributed by atoms with van der Waals surface area (Å²) in [5.74, 6) is 1.14. The van der Waals surface area contributed by atoms with Crippen molar-refractivity contribution in [3.63, 3.8) is 0 Å². The normalized spacial score (nSPS) is 21.7. The molecule has 0 radical (unpaired) electrons. The maximum absolute atomic E-state index is 12.1. The third-order valence-corrected chi connectivity index (χ3v) is 4.10. The van der Waals surface area contributed by atoms with Gasteiger partial charge in [-0.05, 0) is 38.1 Å². The molecule has 1 heterocycles. The Bertz CT molecular complexity index is 504. The van der Waals surface area contributed by atoms with Crippen molar-refractivity contribution in [3.05, 3.63) is 29.8 Å². The van der Waals surface area contributed by atoms with Crippen molar-refractivity contribution in [2.75, 3.05) is 12.4 Å². The zero-order valence-corrected chi connectivity index (χ0v) is 13.0. The summed E-state index contributed by atoms with van der Waals surface area (Å²) in [6, 6.07) is 7.26. The number of carbonyl (C=O) groups is 2. The molecule has 1 aliphatic heterocycles. The zero-order valence-electron chi connectivity index (χ0n) is 12.2. The van der Waals surface area contributed by atoms with Crippen molar-refractivity contribution in [2.45, 2.75) is 31.8 Å². The smallest absolute Gasteiger partial charge is 0.223 e. The number of hydrogen-bond donors (Lipinski definition) is 2. The van der Waals surface area contributed by atoms with Crippen LogP contribution in [0.2, 0.25) is 0 Å². The molecule has 114 valence electrons. The molecule has 0 spiro atoms. The van der Waals surface area contributed by atoms with Gasteiger partial charge in [-0.2, -0.15) is 0 Å². The maximum Gasteiger partial charge on any atom is 0.223 e. The van der Waals surface area contributed by atoms with Gasteiger partial charge < -0.3 is 10.1 Å². The number of rotatable bonds is 6. The summed E-state index contributed by atoms with van der Waals surface area (Å²) in [7, 11) is 0. The van der Waals surface area contributed by atoms with E-state index in [9.17, 15) is 9.59 Å². The summed E-state index contributed by atoms with van der Waals surface area (Å²) < 4.78 is 5.35. The van der Waals surface area contributed by atoms with E-state index in [1.807, 2.05) is 13.8 Å². The fraction of sp³-hybridized carbons (Fsp3) is 0.467. The van der Waals surface area contributed by atoms with Crippen LogP contribution < -0.4 is 15.4 Å². The lowest BCUT2D eigenvalue weighted by atomic mass is 10.1. The highest BCUT2D eigenvalue weighted by atomic mass is 32.2. The SMILES string of the molecule is CCOc1ccc(C(=O)CSC2NC(=O)CC(C)N2)cc1. The first-order valence-corrected chi connectivity index (χ1v) is 8.06. The molecule has 0 saturated carbocycles. The van der Waals surface area contributed by atoms with Crippen molar-refractivity contribution in [1.82, 2.24) is 10.6 Å². The van der Waals surface area contributed by atoms with Crippen molar-refractivity contribution in [3.8, 4) is 5.75 Å². The number of thioether (sulfide) groups is 1. The van der Waals surface area contributed by atoms with Gasteiger partial charge in [0.25, 0.3) is 0 Å². The van der Waals surface area contributed by atoms with Crippen molar-refractivity contribution in [1.29, 1.82) is 0 Å². The van der Waals surface area contributed by atoms with Gasteiger partial charge in [0.2, 0.25) is 5.91 Å². The van der Waals surface area contributed by atoms with E-state index in [-0.39, 0.29) is 23.2 Å². The minimum Gasteiger partial charge on any atom is -0.494 e. The Morgan fingerprint density at radius 3 is 2.71 bits per heavy atom. The highest BCUT2D eigenvalue weighted by Gasteiger charge is 2.23. The summed E-state index contributed by atoms with van der Waals surface area (Å²) in [4.78, 5) is 23.6. The molecule has 21 heavy (non-hydrogen) atoms. The predicted octanol–water partition coefficient (Wildman–Crippen LogP) is 1.78. The Morgan fingerprint density at radius 1 is 1.38 bits per heavy atom. The molecule has 1 fully saturated rings. The molecular formula is C15H20N2O3S. The average molecular weight is 308 g/mol. The summed E-state index contributed by atoms with van der Waals surface area (Å²) in [5.41, 5.74) is 0.453. The van der Waals surface area contributed by atoms with Crippen LogP contribution in [-0.4, -0.2) is 35.6 Å². The molecule has 2 unspecified atom stereocenters. The third-order valence-electron chi connectivity index (χ3n) is 3.09. The summed E-state index contributed by atoms with van der Waals surface area (Å²) in [6.07, 6.45) is 0.476. The minimum absolute atomic E-state index is 0.0206. The number of benzene rings is 1. The summed E-state index contributed by atoms with van der Waals surface area (Å²) >= 11 is 1.40. The molecule has 2 atom stereocenters. The van der Waals surface area contributed by atoms with Crippen molar-refractivity contribution < 1.29 is 14.3 Å². The first kappa shape index (κ1) is 15.9. The molecule has 2 N–H and O–H groups in total. The van der Waals surface area contributed by atoms with Crippen LogP contribution in [-0.2, 0) is 4.79 Å². The number of Topliss-reactive ketones (excluding diaryl/α,β-unsaturated/α-hetero) is 1. The largest absolute Gasteiger partial charge is 0.494 e. The lowest BCUT2D eigenvalue weighted by Crippen LogP contribution is -2.53. The van der Waals surface area contributed by atoms with Crippen LogP contribution >= 0.6 is 11.8 Å². The molecule has 1 aromatic carbocycles. The molecule has 1 aromatic rings. The van der Waals surface area contributed by atoms with E-state index in [0.29, 0.717) is 24.3 Å². The monoisotopic (exact) mass is 308 g/mol. The molecule has 0 aromatic heterocycles. The standard InChI is InChI=1S/C15H20N2O3S/c1-3-20-12-6-4-11(5-7-12)13(18)9-21-15-16-10(2)8-14(19)17-15/h4-7,10,15-16H,3,8-9H2,1-2H3,(H,17,19). The number of hydrogen-bond acceptors (Lipinski definition) is 5. The third kappa shape index (κ3) is 4.75. The van der Waals surface area contributed by atoms with E-state index in [4.69, 9.17) is 4.74 Å². The molecule has 1 aliphatic rings. The predicted molar refractivity (Wildman–Crippen MR) is 83.5 cm³/mol. The van der Waals surface area contributed by atoms with E-state index in [0.717, 1.165) is 5.75 Å². The molecular weight excluding hydrogens is 288 g/mol. The van der Waals surface area contributed by atoms with Crippen molar-refractivity contribution in [2.24, 2.45) is 0 Å². The topological polar surface area (TPSA) is 67.4 Å². The number of ketones is 1. The number of ether oxygens (including phenoxy) is 1. The second-order valence-corrected chi connectivity index (χ2v) is 6.00. The van der Waals surface area contributed by atoms with Gasteiger partial charge >= 0.3 is 0 Å². The van der Waals surface area contributed by atoms with E-state index in [2.05, 4.69) is 10.6 Å². The summed E-state index contributed by atoms with van der Waals surface area (Å²) in [6.45, 7) is 4.48. The Kier molecular flexibility index (Phi) is 5.64. The van der Waals surface area contributed by atoms with Crippen LogP contribution in [0, 0.1) is 0 Å². The van der Waals surface area contributed by atoms with E-state index < -0.39 is 0 Å². The van der Waals surface area contributed by atoms with E-state index in [1.165, 1.54) is 11.8 Å². The zero-order chi connectivity index (χ0) is 15.2. The van der Waals surface area contributed by atoms with Gasteiger partial charge in [-0.15, -0.1) is 11.8 Å². The fourth-order valence-electron chi connectivity index (χ4n) is 2.08. The maximum atomic E-state index is 12.1. The number of nitrogens with one attached hydrogen (secondary N) is 2. The van der Waals surface area contributed by atoms with Crippen LogP contribution in [0.15, 0.2) is 24.3 Å². The van der Waals surface area contributed by atoms with Crippen LogP contribution in [0.3, 0.4) is 0 Å². The van der Waals surface area contributed by atoms with Crippen LogP contribution in [0.1, 0.15) is 30.6 Å². The second-order valence-electron chi connectivity index (χ2n) is 4.91. The Labute approximate surface area is 128 Å². The fourth-order valence-corrected chi connectivity index (χ4v) is 3.11. The number of amides is 1. The van der Waals surface area contributed by atoms with Gasteiger partial charge in [-0.3, -0.25) is 14.9 Å². The average Bonchev–Trinajstić information content (AvgIpc) is 2.45. The Hall–Kier alpha value is -1.53. The molecule has 0 aliphatic carbocycles. The van der Waals surface area contributed by atoms with Gasteiger partial charge in [-0.1, -0.05) is 0 Å². The van der Waals surface area contributed by atoms with Crippen molar-refractivity contribution >= 4 is 23.5 Å². The lowest BCUT2D eigenvalue weighted by molar-refractivity contribution is -0.123. The highest BCUT2D eigenvalue weighted by molar-refractivity contribution is 8.00. The Balaban J connectivity index is 1.85. The van der Waals surface area contributed by atoms with Gasteiger partial charge in [0, 0.05) is 18.0 Å². The van der Waals surface area contributed by atoms with Crippen LogP contribution in [0.5, 0.6) is 5.75 Å². The van der Waals surface area contributed by atoms with Gasteiger partial charge in [-0.25, -0.2) is 0 Å². The quantitative estimate of drug-likeness (QED) is 0.784. The van der Waals surface area contributed by atoms with Crippen LogP contribution in [0.25, 0.3) is 0 Å². The summed E-state index contributed by atoms with van der Waals surface area (Å²) in [5, 5.41) is 6.06. The molecule has 6 heteroatoms. The first-order chi connectivity index (χ1) is 10.1. The van der Waals surface area contributed by atoms with E-state index >= 15 is 0 Å². The Morgan fingerprint density at radius 2 is 2.10 bits per heavy atom. The second kappa shape index (κ2) is 7.47. The minimum atomic E-state index is -0.201. The first-order valence-electron chi connectivity index (χ1n) is 7.01. The highest BCUT2D eigenvalue weighted by Crippen LogP contribution is 2.16. The molecule has 5 nitrogen and oxygen atoms in total. The van der Waals surface area contributed by atoms with Gasteiger partial charge in [0.05, 0.1) is 12.4 Å². The number of carbonyl (C=O) groups excluding carboxylic acids is 2. The van der Waals surface area contributed by atoms with Gasteiger partial charge in [0.1, 0.15) is 11.2 Å². The van der Waals surface area contributed by atoms with Gasteiger partial charge in [0.15, 0.2) is 5.78 Å². The lowest BCUT2D eigenvalue weighted by Gasteiger charge is -2.28.